The van der Waals surface area contributed by atoms with E-state index >= 15 is 0 Å². The molecule has 0 aromatic heterocycles. The van der Waals surface area contributed by atoms with Crippen LogP contribution in [0.4, 0.5) is 0 Å². The second kappa shape index (κ2) is 55.1. The van der Waals surface area contributed by atoms with Crippen LogP contribution < -0.4 is 5.32 Å². The van der Waals surface area contributed by atoms with E-state index in [4.69, 9.17) is 14.2 Å². The summed E-state index contributed by atoms with van der Waals surface area (Å²) in [6, 6.07) is -1.04. The molecule has 11 nitrogen and oxygen atoms in total. The number of hydrogen-bond acceptors (Lipinski definition) is 10. The molecule has 0 aliphatic carbocycles. The number of carbonyl (C=O) groups excluding carboxylic acids is 2. The first-order chi connectivity index (χ1) is 38.7. The van der Waals surface area contributed by atoms with Crippen LogP contribution in [-0.2, 0) is 23.8 Å². The first-order valence-corrected chi connectivity index (χ1v) is 32.0. The molecule has 0 radical (unpaired) electrons. The Labute approximate surface area is 482 Å². The molecule has 0 aromatic carbocycles. The lowest BCUT2D eigenvalue weighted by Gasteiger charge is -2.41. The zero-order chi connectivity index (χ0) is 57.5. The number of hydrogen-bond donors (Lipinski definition) is 6. The molecule has 1 fully saturated rings. The third-order valence-corrected chi connectivity index (χ3v) is 14.5. The quantitative estimate of drug-likeness (QED) is 0.0195. The summed E-state index contributed by atoms with van der Waals surface area (Å²) in [5.74, 6) is -1.23. The summed E-state index contributed by atoms with van der Waals surface area (Å²) in [6.45, 7) is 5.65. The molecule has 8 unspecified atom stereocenters. The maximum absolute atomic E-state index is 13.4. The van der Waals surface area contributed by atoms with E-state index in [-0.39, 0.29) is 19.4 Å². The second-order valence-corrected chi connectivity index (χ2v) is 21.8. The third-order valence-electron chi connectivity index (χ3n) is 14.5. The summed E-state index contributed by atoms with van der Waals surface area (Å²) in [5, 5.41) is 57.0. The van der Waals surface area contributed by atoms with Gasteiger partial charge in [-0.1, -0.05) is 246 Å². The molecule has 1 aliphatic rings. The van der Waals surface area contributed by atoms with E-state index < -0.39 is 67.4 Å². The zero-order valence-electron chi connectivity index (χ0n) is 50.2. The number of ether oxygens (including phenoxy) is 3. The van der Waals surface area contributed by atoms with Gasteiger partial charge in [-0.25, -0.2) is 0 Å². The number of aliphatic hydroxyl groups is 5. The van der Waals surface area contributed by atoms with E-state index in [1.54, 1.807) is 6.08 Å². The molecule has 0 saturated carbocycles. The summed E-state index contributed by atoms with van der Waals surface area (Å²) in [4.78, 5) is 26.5. The van der Waals surface area contributed by atoms with Crippen LogP contribution in [0.5, 0.6) is 0 Å². The van der Waals surface area contributed by atoms with Crippen LogP contribution in [0.25, 0.3) is 0 Å². The van der Waals surface area contributed by atoms with Crippen molar-refractivity contribution in [3.63, 3.8) is 0 Å². The number of unbranched alkanes of at least 4 members (excludes halogenated alkanes) is 25. The van der Waals surface area contributed by atoms with Crippen LogP contribution >= 0.6 is 0 Å². The minimum atomic E-state index is -1.63. The molecule has 79 heavy (non-hydrogen) atoms. The Hall–Kier alpha value is -3.42. The minimum Gasteiger partial charge on any atom is -0.454 e. The predicted octanol–water partition coefficient (Wildman–Crippen LogP) is 15.5. The Bertz CT molecular complexity index is 1650. The average molecular weight is 1110 g/mol. The molecule has 0 bridgehead atoms. The van der Waals surface area contributed by atoms with Crippen LogP contribution in [0.2, 0.25) is 0 Å². The zero-order valence-corrected chi connectivity index (χ0v) is 50.2. The van der Waals surface area contributed by atoms with Crippen molar-refractivity contribution in [1.29, 1.82) is 0 Å². The van der Waals surface area contributed by atoms with Crippen LogP contribution in [0.1, 0.15) is 258 Å². The minimum absolute atomic E-state index is 0.0977. The van der Waals surface area contributed by atoms with Crippen molar-refractivity contribution >= 4 is 11.9 Å². The molecule has 8 atom stereocenters. The van der Waals surface area contributed by atoms with Crippen molar-refractivity contribution in [2.75, 3.05) is 13.2 Å². The fourth-order valence-electron chi connectivity index (χ4n) is 9.41. The number of allylic oxidation sites excluding steroid dienone is 15. The molecule has 1 amide bonds. The highest BCUT2D eigenvalue weighted by molar-refractivity contribution is 5.80. The van der Waals surface area contributed by atoms with E-state index in [0.717, 1.165) is 116 Å². The van der Waals surface area contributed by atoms with Crippen molar-refractivity contribution in [3.8, 4) is 0 Å². The van der Waals surface area contributed by atoms with Gasteiger partial charge in [0, 0.05) is 6.42 Å². The average Bonchev–Trinajstić information content (AvgIpc) is 3.48. The van der Waals surface area contributed by atoms with Crippen molar-refractivity contribution in [3.05, 3.63) is 97.2 Å². The normalized spacial score (nSPS) is 19.5. The van der Waals surface area contributed by atoms with Gasteiger partial charge in [-0.05, 0) is 103 Å². The van der Waals surface area contributed by atoms with Gasteiger partial charge in [0.25, 0.3) is 0 Å². The number of esters is 1. The first kappa shape index (κ1) is 73.6. The Morgan fingerprint density at radius 2 is 0.911 bits per heavy atom. The summed E-state index contributed by atoms with van der Waals surface area (Å²) >= 11 is 0. The summed E-state index contributed by atoms with van der Waals surface area (Å²) in [6.07, 6.45) is 63.0. The second-order valence-electron chi connectivity index (χ2n) is 21.8. The maximum atomic E-state index is 13.4. The number of carbonyl (C=O) groups is 2. The lowest BCUT2D eigenvalue weighted by atomic mass is 9.99. The van der Waals surface area contributed by atoms with Crippen molar-refractivity contribution in [2.24, 2.45) is 0 Å². The summed E-state index contributed by atoms with van der Waals surface area (Å²) < 4.78 is 17.6. The molecular formula is C68H117NO10. The Morgan fingerprint density at radius 3 is 1.38 bits per heavy atom. The van der Waals surface area contributed by atoms with Gasteiger partial charge in [0.05, 0.1) is 25.4 Å². The smallest absolute Gasteiger partial charge is 0.306 e. The van der Waals surface area contributed by atoms with Crippen LogP contribution in [0, 0.1) is 0 Å². The SMILES string of the molecule is CC/C=C\C/C=C\C/C=C\C/C=C\C/C=C\C/C=C\CCCCCCCC(O)C(=O)NC(COC1OC(CO)C(O)C(O)C1OC(=O)CCCCC/C=C\CCCCCCCC)C(O)/C=C/CCCCCCCCCCCCC. The van der Waals surface area contributed by atoms with Gasteiger partial charge in [-0.3, -0.25) is 9.59 Å². The molecule has 0 spiro atoms. The predicted molar refractivity (Wildman–Crippen MR) is 329 cm³/mol. The maximum Gasteiger partial charge on any atom is 0.306 e. The van der Waals surface area contributed by atoms with Crippen molar-refractivity contribution in [1.82, 2.24) is 5.32 Å². The molecule has 6 N–H and O–H groups in total. The van der Waals surface area contributed by atoms with Gasteiger partial charge in [0.15, 0.2) is 12.4 Å². The topological polar surface area (TPSA) is 175 Å². The number of amides is 1. The van der Waals surface area contributed by atoms with Crippen molar-refractivity contribution < 1.29 is 49.3 Å². The highest BCUT2D eigenvalue weighted by Crippen LogP contribution is 2.26. The standard InChI is InChI=1S/C68H117NO10/c1-4-7-10-13-16-19-22-25-26-27-28-29-30-31-32-33-34-35-38-40-43-46-49-52-55-61(72)67(76)69-59(60(71)54-51-48-45-42-39-36-23-20-17-14-11-8-5-2)58-77-68-66(65(75)64(74)62(57-70)78-68)79-63(73)56-53-50-47-44-41-37-24-21-18-15-12-9-6-3/h7,10,16,19,25-26,28-29,31-32,34-35,37,41,51,54,59-62,64-66,68,70-72,74-75H,4-6,8-9,11-15,17-18,20-24,27,30,33,36,38-40,42-50,52-53,55-58H2,1-3H3,(H,69,76)/b10-7-,19-16-,26-25-,29-28-,32-31-,35-34-,41-37-,54-51+. The Kier molecular flexibility index (Phi) is 51.4. The van der Waals surface area contributed by atoms with Gasteiger partial charge in [-0.15, -0.1) is 0 Å². The lowest BCUT2D eigenvalue weighted by molar-refractivity contribution is -0.305. The largest absolute Gasteiger partial charge is 0.454 e. The number of aliphatic hydroxyl groups excluding tert-OH is 5. The highest BCUT2D eigenvalue weighted by Gasteiger charge is 2.47. The summed E-state index contributed by atoms with van der Waals surface area (Å²) in [5.41, 5.74) is 0. The van der Waals surface area contributed by atoms with E-state index in [1.807, 2.05) is 6.08 Å². The van der Waals surface area contributed by atoms with Gasteiger partial charge >= 0.3 is 5.97 Å². The molecule has 1 rings (SSSR count). The molecule has 1 aliphatic heterocycles. The van der Waals surface area contributed by atoms with Crippen molar-refractivity contribution in [2.45, 2.75) is 307 Å². The molecule has 1 heterocycles. The Morgan fingerprint density at radius 1 is 0.506 bits per heavy atom. The molecular weight excluding hydrogens is 991 g/mol. The van der Waals surface area contributed by atoms with Crippen LogP contribution in [0.3, 0.4) is 0 Å². The highest BCUT2D eigenvalue weighted by atomic mass is 16.7. The molecule has 0 aromatic rings. The van der Waals surface area contributed by atoms with E-state index in [0.29, 0.717) is 12.8 Å². The van der Waals surface area contributed by atoms with Gasteiger partial charge in [0.2, 0.25) is 5.91 Å². The molecule has 11 heteroatoms. The lowest BCUT2D eigenvalue weighted by Crippen LogP contribution is -2.61. The van der Waals surface area contributed by atoms with Gasteiger partial charge in [-0.2, -0.15) is 0 Å². The fraction of sp³-hybridized carbons (Fsp3) is 0.735. The summed E-state index contributed by atoms with van der Waals surface area (Å²) in [7, 11) is 0. The van der Waals surface area contributed by atoms with Crippen LogP contribution in [-0.4, -0.2) is 99.6 Å². The van der Waals surface area contributed by atoms with E-state index in [9.17, 15) is 35.1 Å². The third kappa shape index (κ3) is 43.0. The van der Waals surface area contributed by atoms with Crippen LogP contribution in [0.15, 0.2) is 97.2 Å². The van der Waals surface area contributed by atoms with E-state index in [2.05, 4.69) is 111 Å². The first-order valence-electron chi connectivity index (χ1n) is 32.0. The van der Waals surface area contributed by atoms with Gasteiger partial charge in [0.1, 0.15) is 24.4 Å². The monoisotopic (exact) mass is 1110 g/mol. The Balaban J connectivity index is 2.68. The van der Waals surface area contributed by atoms with Gasteiger partial charge < -0.3 is 45.1 Å². The molecule has 454 valence electrons. The molecule has 1 saturated heterocycles. The van der Waals surface area contributed by atoms with E-state index in [1.165, 1.54) is 96.3 Å². The fourth-order valence-corrected chi connectivity index (χ4v) is 9.41. The number of nitrogens with one attached hydrogen (secondary N) is 1. The number of rotatable bonds is 53.